The Morgan fingerprint density at radius 1 is 0.306 bits per heavy atom. The molecular formula is C67H57N5. The summed E-state index contributed by atoms with van der Waals surface area (Å²) in [6.45, 7) is 13.8. The summed E-state index contributed by atoms with van der Waals surface area (Å²) < 4.78 is 0. The molecule has 10 aromatic rings. The van der Waals surface area contributed by atoms with Gasteiger partial charge in [0.25, 0.3) is 0 Å². The molecule has 0 spiro atoms. The Labute approximate surface area is 424 Å². The lowest BCUT2D eigenvalue weighted by Gasteiger charge is -2.26. The van der Waals surface area contributed by atoms with Gasteiger partial charge in [-0.3, -0.25) is 0 Å². The van der Waals surface area contributed by atoms with Crippen molar-refractivity contribution in [2.24, 2.45) is 0 Å². The summed E-state index contributed by atoms with van der Waals surface area (Å²) in [6, 6.07) is 81.0. The lowest BCUT2D eigenvalue weighted by atomic mass is 9.84. The van der Waals surface area contributed by atoms with Crippen LogP contribution >= 0.6 is 0 Å². The minimum absolute atomic E-state index is 0.0545. The minimum Gasteiger partial charge on any atom is -0.310 e. The highest BCUT2D eigenvalue weighted by Crippen LogP contribution is 2.53. The molecule has 5 nitrogen and oxygen atoms in total. The second-order valence-corrected chi connectivity index (χ2v) is 21.3. The Kier molecular flexibility index (Phi) is 11.1. The fourth-order valence-electron chi connectivity index (χ4n) is 10.8. The summed E-state index contributed by atoms with van der Waals surface area (Å²) >= 11 is 0. The van der Waals surface area contributed by atoms with Crippen molar-refractivity contribution in [1.29, 1.82) is 0 Å². The molecule has 0 bridgehead atoms. The van der Waals surface area contributed by atoms with Gasteiger partial charge in [0.05, 0.1) is 11.8 Å². The third kappa shape index (κ3) is 8.05. The maximum Gasteiger partial charge on any atom is 0.163 e. The van der Waals surface area contributed by atoms with E-state index < -0.39 is 0 Å². The van der Waals surface area contributed by atoms with E-state index in [2.05, 4.69) is 276 Å². The third-order valence-electron chi connectivity index (χ3n) is 14.5. The van der Waals surface area contributed by atoms with E-state index in [1.54, 1.807) is 0 Å². The number of hydrogen-bond acceptors (Lipinski definition) is 5. The summed E-state index contributed by atoms with van der Waals surface area (Å²) in [4.78, 5) is 21.4. The van der Waals surface area contributed by atoms with E-state index in [4.69, 9.17) is 15.0 Å². The van der Waals surface area contributed by atoms with Crippen molar-refractivity contribution in [3.05, 3.63) is 269 Å². The van der Waals surface area contributed by atoms with Crippen molar-refractivity contribution >= 4 is 34.1 Å². The van der Waals surface area contributed by atoms with Gasteiger partial charge in [0.1, 0.15) is 11.6 Å². The molecule has 1 heterocycles. The number of anilines is 6. The normalized spacial score (nSPS) is 14.5. The molecule has 0 N–H and O–H groups in total. The van der Waals surface area contributed by atoms with Crippen molar-refractivity contribution in [1.82, 2.24) is 15.0 Å². The minimum atomic E-state index is -0.236. The van der Waals surface area contributed by atoms with Gasteiger partial charge in [0.15, 0.2) is 5.82 Å². The molecule has 2 atom stereocenters. The molecule has 9 aromatic carbocycles. The maximum atomic E-state index is 5.72. The predicted molar refractivity (Wildman–Crippen MR) is 298 cm³/mol. The molecule has 12 rings (SSSR count). The highest BCUT2D eigenvalue weighted by atomic mass is 15.1. The zero-order valence-electron chi connectivity index (χ0n) is 41.8. The van der Waals surface area contributed by atoms with Crippen LogP contribution in [0, 0.1) is 0 Å². The van der Waals surface area contributed by atoms with Crippen LogP contribution in [0.15, 0.2) is 224 Å². The topological polar surface area (TPSA) is 45.2 Å². The van der Waals surface area contributed by atoms with Crippen LogP contribution in [-0.4, -0.2) is 15.0 Å². The van der Waals surface area contributed by atoms with Gasteiger partial charge in [0, 0.05) is 39.7 Å². The number of benzene rings is 9. The van der Waals surface area contributed by atoms with Gasteiger partial charge in [-0.25, -0.2) is 15.0 Å². The van der Waals surface area contributed by atoms with Crippen LogP contribution in [0.4, 0.5) is 34.1 Å². The quantitative estimate of drug-likeness (QED) is 0.144. The van der Waals surface area contributed by atoms with E-state index >= 15 is 0 Å². The first-order chi connectivity index (χ1) is 35.0. The Morgan fingerprint density at radius 2 is 0.611 bits per heavy atom. The van der Waals surface area contributed by atoms with Gasteiger partial charge in [-0.05, 0) is 139 Å². The molecule has 1 aromatic heterocycles. The van der Waals surface area contributed by atoms with Gasteiger partial charge in [0.2, 0.25) is 0 Å². The number of aromatic nitrogens is 3. The van der Waals surface area contributed by atoms with Crippen LogP contribution in [-0.2, 0) is 10.8 Å². The van der Waals surface area contributed by atoms with Crippen molar-refractivity contribution in [2.75, 3.05) is 9.80 Å². The molecule has 2 aliphatic carbocycles. The molecule has 2 aliphatic rings. The molecule has 0 amide bonds. The van der Waals surface area contributed by atoms with Gasteiger partial charge in [-0.1, -0.05) is 193 Å². The highest BCUT2D eigenvalue weighted by Gasteiger charge is 2.38. The Morgan fingerprint density at radius 3 is 0.944 bits per heavy atom. The second kappa shape index (κ2) is 17.8. The second-order valence-electron chi connectivity index (χ2n) is 21.3. The molecule has 0 fully saturated rings. The lowest BCUT2D eigenvalue weighted by molar-refractivity contribution is 0.590. The monoisotopic (exact) mass is 931 g/mol. The molecular weight excluding hydrogens is 875 g/mol. The van der Waals surface area contributed by atoms with E-state index in [0.717, 1.165) is 51.3 Å². The van der Waals surface area contributed by atoms with E-state index in [9.17, 15) is 0 Å². The predicted octanol–water partition coefficient (Wildman–Crippen LogP) is 17.4. The summed E-state index contributed by atoms with van der Waals surface area (Å²) in [6.07, 6.45) is 0. The van der Waals surface area contributed by atoms with E-state index in [1.165, 1.54) is 55.6 Å². The summed E-state index contributed by atoms with van der Waals surface area (Å²) in [7, 11) is 0. The summed E-state index contributed by atoms with van der Waals surface area (Å²) in [5.74, 6) is 1.69. The van der Waals surface area contributed by atoms with Gasteiger partial charge >= 0.3 is 0 Å². The standard InChI is InChI=1S/C67H57N5/c1-66(2,3)45-32-36-53-57(40-45)59-42-51(71(47-24-14-8-15-25-47)48-26-16-9-17-27-48)34-38-55(59)61(53)64-68-63(44-22-12-7-13-23-44)69-65(70-64)62-54-37-33-46(67(4,5)6)41-58(54)60-43-52(35-39-56(60)62)72(49-28-18-10-19-29-49)50-30-20-11-21-31-50/h7-43,61-62H,1-6H3. The molecule has 0 aliphatic heterocycles. The number of hydrogen-bond donors (Lipinski definition) is 0. The van der Waals surface area contributed by atoms with Crippen LogP contribution in [0.5, 0.6) is 0 Å². The molecule has 2 unspecified atom stereocenters. The van der Waals surface area contributed by atoms with Crippen molar-refractivity contribution in [3.63, 3.8) is 0 Å². The zero-order valence-corrected chi connectivity index (χ0v) is 41.8. The van der Waals surface area contributed by atoms with E-state index in [1.807, 2.05) is 0 Å². The smallest absolute Gasteiger partial charge is 0.163 e. The Hall–Kier alpha value is -8.41. The Bertz CT molecular complexity index is 3300. The van der Waals surface area contributed by atoms with Gasteiger partial charge < -0.3 is 9.80 Å². The maximum absolute atomic E-state index is 5.72. The molecule has 5 heteroatoms. The molecule has 0 saturated heterocycles. The average Bonchev–Trinajstić information content (AvgIpc) is 3.91. The average molecular weight is 932 g/mol. The van der Waals surface area contributed by atoms with Gasteiger partial charge in [-0.2, -0.15) is 0 Å². The van der Waals surface area contributed by atoms with Crippen LogP contribution in [0.3, 0.4) is 0 Å². The van der Waals surface area contributed by atoms with E-state index in [-0.39, 0.29) is 22.7 Å². The highest BCUT2D eigenvalue weighted by molar-refractivity contribution is 5.89. The summed E-state index contributed by atoms with van der Waals surface area (Å²) in [5, 5.41) is 0. The first-order valence-corrected chi connectivity index (χ1v) is 25.2. The van der Waals surface area contributed by atoms with E-state index in [0.29, 0.717) is 5.82 Å². The number of rotatable bonds is 9. The lowest BCUT2D eigenvalue weighted by Crippen LogP contribution is -2.15. The number of nitrogens with zero attached hydrogens (tertiary/aromatic N) is 5. The first kappa shape index (κ1) is 44.8. The van der Waals surface area contributed by atoms with Crippen molar-refractivity contribution < 1.29 is 0 Å². The molecule has 72 heavy (non-hydrogen) atoms. The SMILES string of the molecule is CC(C)(C)c1ccc2c(c1)-c1cc(N(c3ccccc3)c3ccccc3)ccc1C2c1nc(-c2ccccc2)nc(C2c3ccc(N(c4ccccc4)c4ccccc4)cc3-c3cc(C(C)(C)C)ccc32)n1. The van der Waals surface area contributed by atoms with Crippen LogP contribution in [0.2, 0.25) is 0 Å². The molecule has 350 valence electrons. The zero-order chi connectivity index (χ0) is 49.1. The Balaban J connectivity index is 1.06. The fraction of sp³-hybridized carbons (Fsp3) is 0.149. The first-order valence-electron chi connectivity index (χ1n) is 25.2. The number of fused-ring (bicyclic) bond motifs is 6. The molecule has 0 radical (unpaired) electrons. The fourth-order valence-corrected chi connectivity index (χ4v) is 10.8. The van der Waals surface area contributed by atoms with Crippen molar-refractivity contribution in [3.8, 4) is 33.6 Å². The molecule has 0 saturated carbocycles. The van der Waals surface area contributed by atoms with Crippen LogP contribution < -0.4 is 9.80 Å². The van der Waals surface area contributed by atoms with Crippen LogP contribution in [0.25, 0.3) is 33.6 Å². The van der Waals surface area contributed by atoms with Gasteiger partial charge in [-0.15, -0.1) is 0 Å². The largest absolute Gasteiger partial charge is 0.310 e. The third-order valence-corrected chi connectivity index (χ3v) is 14.5. The summed E-state index contributed by atoms with van der Waals surface area (Å²) in [5.41, 5.74) is 19.6. The van der Waals surface area contributed by atoms with Crippen molar-refractivity contribution in [2.45, 2.75) is 64.2 Å². The van der Waals surface area contributed by atoms with Crippen LogP contribution in [0.1, 0.15) is 98.4 Å². The number of para-hydroxylation sites is 4.